The molecule has 0 saturated carbocycles. The summed E-state index contributed by atoms with van der Waals surface area (Å²) in [4.78, 5) is 22.1. The fourth-order valence-corrected chi connectivity index (χ4v) is 3.96. The first-order chi connectivity index (χ1) is 9.32. The van der Waals surface area contributed by atoms with Crippen molar-refractivity contribution in [3.8, 4) is 0 Å². The van der Waals surface area contributed by atoms with Crippen LogP contribution in [0.25, 0.3) is 5.57 Å². The number of esters is 1. The van der Waals surface area contributed by atoms with Gasteiger partial charge in [0.05, 0.1) is 6.61 Å². The maximum atomic E-state index is 13.7. The zero-order valence-electron chi connectivity index (χ0n) is 10.8. The first-order valence-electron chi connectivity index (χ1n) is 5.78. The van der Waals surface area contributed by atoms with E-state index in [0.717, 1.165) is 6.07 Å². The number of halogens is 1. The molecule has 0 atom stereocenters. The molecule has 0 amide bonds. The van der Waals surface area contributed by atoms with Gasteiger partial charge in [0.2, 0.25) is 9.84 Å². The number of Topliss-reactive ketones (excluding diaryl/α,β-unsaturated/α-hetero) is 1. The minimum atomic E-state index is -4.33. The number of allylic oxidation sites excluding steroid dienone is 1. The van der Waals surface area contributed by atoms with Crippen LogP contribution in [0.5, 0.6) is 0 Å². The van der Waals surface area contributed by atoms with E-state index in [1.807, 2.05) is 0 Å². The molecule has 0 unspecified atom stereocenters. The Bertz CT molecular complexity index is 746. The van der Waals surface area contributed by atoms with Crippen LogP contribution in [0.2, 0.25) is 0 Å². The summed E-state index contributed by atoms with van der Waals surface area (Å²) in [7, 11) is -4.33. The molecule has 1 aliphatic rings. The van der Waals surface area contributed by atoms with Crippen molar-refractivity contribution in [1.82, 2.24) is 0 Å². The second-order valence-corrected chi connectivity index (χ2v) is 5.95. The lowest BCUT2D eigenvalue weighted by atomic mass is 10.1. The lowest BCUT2D eigenvalue weighted by molar-refractivity contribution is -0.151. The fourth-order valence-electron chi connectivity index (χ4n) is 2.08. The maximum Gasteiger partial charge on any atom is 0.380 e. The van der Waals surface area contributed by atoms with Gasteiger partial charge < -0.3 is 4.74 Å². The van der Waals surface area contributed by atoms with E-state index >= 15 is 0 Å². The van der Waals surface area contributed by atoms with Gasteiger partial charge in [0.15, 0.2) is 0 Å². The molecular weight excluding hydrogens is 287 g/mol. The molecule has 106 valence electrons. The highest BCUT2D eigenvalue weighted by Crippen LogP contribution is 2.40. The van der Waals surface area contributed by atoms with Crippen LogP contribution in [0.15, 0.2) is 28.0 Å². The number of ether oxygens (including phenoxy) is 1. The highest BCUT2D eigenvalue weighted by molar-refractivity contribution is 7.97. The van der Waals surface area contributed by atoms with Gasteiger partial charge in [-0.2, -0.15) is 0 Å². The Hall–Kier alpha value is -2.02. The highest BCUT2D eigenvalue weighted by Gasteiger charge is 2.42. The largest absolute Gasteiger partial charge is 0.460 e. The average Bonchev–Trinajstić information content (AvgIpc) is 2.57. The summed E-state index contributed by atoms with van der Waals surface area (Å²) in [5, 5.41) is 0. The number of carbonyl (C=O) groups excluding carboxylic acids is 2. The summed E-state index contributed by atoms with van der Waals surface area (Å²) in [5.41, 5.74) is 0.148. The summed E-state index contributed by atoms with van der Waals surface area (Å²) < 4.78 is 42.7. The van der Waals surface area contributed by atoms with Crippen molar-refractivity contribution in [2.75, 3.05) is 6.61 Å². The first-order valence-corrected chi connectivity index (χ1v) is 7.27. The van der Waals surface area contributed by atoms with Crippen molar-refractivity contribution in [1.29, 1.82) is 0 Å². The Labute approximate surface area is 115 Å². The Kier molecular flexibility index (Phi) is 3.47. The highest BCUT2D eigenvalue weighted by atomic mass is 32.2. The van der Waals surface area contributed by atoms with Crippen molar-refractivity contribution in [2.45, 2.75) is 18.7 Å². The zero-order chi connectivity index (χ0) is 15.1. The minimum absolute atomic E-state index is 0.0533. The third-order valence-corrected chi connectivity index (χ3v) is 4.90. The van der Waals surface area contributed by atoms with Gasteiger partial charge in [0.1, 0.15) is 15.6 Å². The van der Waals surface area contributed by atoms with Gasteiger partial charge in [-0.3, -0.25) is 4.79 Å². The quantitative estimate of drug-likeness (QED) is 0.624. The summed E-state index contributed by atoms with van der Waals surface area (Å²) in [6, 6.07) is 3.71. The molecule has 7 heteroatoms. The van der Waals surface area contributed by atoms with Crippen LogP contribution >= 0.6 is 0 Å². The van der Waals surface area contributed by atoms with E-state index in [1.54, 1.807) is 0 Å². The Morgan fingerprint density at radius 2 is 1.95 bits per heavy atom. The second-order valence-electron chi connectivity index (χ2n) is 4.12. The monoisotopic (exact) mass is 298 g/mol. The number of sulfone groups is 1. The molecule has 0 N–H and O–H groups in total. The summed E-state index contributed by atoms with van der Waals surface area (Å²) >= 11 is 0. The number of rotatable bonds is 3. The van der Waals surface area contributed by atoms with Crippen molar-refractivity contribution >= 4 is 27.2 Å². The van der Waals surface area contributed by atoms with E-state index in [1.165, 1.54) is 26.0 Å². The van der Waals surface area contributed by atoms with E-state index in [2.05, 4.69) is 4.74 Å². The minimum Gasteiger partial charge on any atom is -0.460 e. The molecular formula is C13H11FO5S. The van der Waals surface area contributed by atoms with Crippen LogP contribution in [0.1, 0.15) is 19.4 Å². The predicted octanol–water partition coefficient (Wildman–Crippen LogP) is 1.48. The zero-order valence-corrected chi connectivity index (χ0v) is 11.6. The molecule has 2 rings (SSSR count). The molecule has 0 fully saturated rings. The number of hydrogen-bond acceptors (Lipinski definition) is 5. The number of hydrogen-bond donors (Lipinski definition) is 0. The third-order valence-electron chi connectivity index (χ3n) is 2.92. The fraction of sp³-hybridized carbons (Fsp3) is 0.231. The molecule has 1 heterocycles. The van der Waals surface area contributed by atoms with Gasteiger partial charge >= 0.3 is 5.97 Å². The third kappa shape index (κ3) is 1.94. The molecule has 20 heavy (non-hydrogen) atoms. The molecule has 0 bridgehead atoms. The normalized spacial score (nSPS) is 15.9. The van der Waals surface area contributed by atoms with Crippen LogP contribution < -0.4 is 0 Å². The topological polar surface area (TPSA) is 77.5 Å². The van der Waals surface area contributed by atoms with Crippen molar-refractivity contribution in [2.24, 2.45) is 0 Å². The first kappa shape index (κ1) is 14.4. The van der Waals surface area contributed by atoms with Crippen molar-refractivity contribution < 1.29 is 27.1 Å². The Morgan fingerprint density at radius 3 is 2.50 bits per heavy atom. The molecule has 0 radical (unpaired) electrons. The Balaban J connectivity index is 2.64. The van der Waals surface area contributed by atoms with E-state index in [0.29, 0.717) is 0 Å². The Morgan fingerprint density at radius 1 is 1.30 bits per heavy atom. The molecule has 0 saturated heterocycles. The molecule has 1 aliphatic heterocycles. The second kappa shape index (κ2) is 4.82. The lowest BCUT2D eigenvalue weighted by Gasteiger charge is -2.03. The van der Waals surface area contributed by atoms with Crippen molar-refractivity contribution in [3.05, 3.63) is 34.5 Å². The molecule has 0 aromatic heterocycles. The van der Waals surface area contributed by atoms with Crippen LogP contribution in [-0.4, -0.2) is 26.8 Å². The van der Waals surface area contributed by atoms with Crippen LogP contribution in [0.4, 0.5) is 4.39 Å². The van der Waals surface area contributed by atoms with Gasteiger partial charge in [0.25, 0.3) is 5.78 Å². The van der Waals surface area contributed by atoms with Gasteiger partial charge in [0, 0.05) is 5.56 Å². The standard InChI is InChI=1S/C13H11FO5S/c1-3-19-13(16)10(15)11-7(2)8-5-4-6-9(14)12(8)20(11,17)18/h4-6H,3H2,1-2H3. The lowest BCUT2D eigenvalue weighted by Crippen LogP contribution is -2.23. The van der Waals surface area contributed by atoms with Gasteiger partial charge in [-0.1, -0.05) is 12.1 Å². The van der Waals surface area contributed by atoms with Crippen LogP contribution in [0, 0.1) is 5.82 Å². The summed E-state index contributed by atoms with van der Waals surface area (Å²) in [6.45, 7) is 2.79. The maximum absolute atomic E-state index is 13.7. The number of fused-ring (bicyclic) bond motifs is 1. The molecule has 0 aliphatic carbocycles. The van der Waals surface area contributed by atoms with Gasteiger partial charge in [-0.15, -0.1) is 0 Å². The van der Waals surface area contributed by atoms with Gasteiger partial charge in [-0.05, 0) is 25.5 Å². The molecule has 5 nitrogen and oxygen atoms in total. The average molecular weight is 298 g/mol. The van der Waals surface area contributed by atoms with Gasteiger partial charge in [-0.25, -0.2) is 17.6 Å². The number of benzene rings is 1. The summed E-state index contributed by atoms with van der Waals surface area (Å²) in [6.07, 6.45) is 0. The number of carbonyl (C=O) groups is 2. The predicted molar refractivity (Wildman–Crippen MR) is 67.8 cm³/mol. The molecule has 0 spiro atoms. The van der Waals surface area contributed by atoms with E-state index in [9.17, 15) is 22.4 Å². The van der Waals surface area contributed by atoms with Crippen molar-refractivity contribution in [3.63, 3.8) is 0 Å². The molecule has 1 aromatic rings. The van der Waals surface area contributed by atoms with Crippen LogP contribution in [-0.2, 0) is 24.2 Å². The van der Waals surface area contributed by atoms with E-state index in [4.69, 9.17) is 0 Å². The molecule has 1 aromatic carbocycles. The SMILES string of the molecule is CCOC(=O)C(=O)C1=C(C)c2cccc(F)c2S1(=O)=O. The van der Waals surface area contributed by atoms with E-state index < -0.39 is 37.2 Å². The smallest absolute Gasteiger partial charge is 0.380 e. The number of ketones is 1. The summed E-state index contributed by atoms with van der Waals surface area (Å²) in [5.74, 6) is -3.49. The van der Waals surface area contributed by atoms with Crippen LogP contribution in [0.3, 0.4) is 0 Å². The van der Waals surface area contributed by atoms with E-state index in [-0.39, 0.29) is 17.7 Å².